The van der Waals surface area contributed by atoms with Crippen LogP contribution < -0.4 is 16.0 Å². The van der Waals surface area contributed by atoms with Crippen LogP contribution in [0.5, 0.6) is 0 Å². The van der Waals surface area contributed by atoms with Crippen LogP contribution in [0.25, 0.3) is 0 Å². The molecule has 4 rings (SSSR count). The van der Waals surface area contributed by atoms with Crippen LogP contribution in [0.4, 0.5) is 8.78 Å². The number of rotatable bonds is 7. The third-order valence-electron chi connectivity index (χ3n) is 7.43. The molecule has 0 radical (unpaired) electrons. The highest BCUT2D eigenvalue weighted by atomic mass is 19.3. The Kier molecular flexibility index (Phi) is 5.99. The third kappa shape index (κ3) is 5.35. The Hall–Kier alpha value is -1.79. The number of amides is 2. The molecule has 3 N–H and O–H groups in total. The zero-order chi connectivity index (χ0) is 22.3. The Labute approximate surface area is 182 Å². The van der Waals surface area contributed by atoms with Gasteiger partial charge in [0, 0.05) is 12.5 Å². The Bertz CT molecular complexity index is 748. The molecule has 7 nitrogen and oxygen atoms in total. The first kappa shape index (κ1) is 22.4. The van der Waals surface area contributed by atoms with Gasteiger partial charge in [0.1, 0.15) is 11.6 Å². The first-order chi connectivity index (χ1) is 14.6. The van der Waals surface area contributed by atoms with E-state index in [0.29, 0.717) is 25.3 Å². The number of nitrogens with one attached hydrogen (secondary N) is 3. The summed E-state index contributed by atoms with van der Waals surface area (Å²) in [6.07, 6.45) is 6.12. The van der Waals surface area contributed by atoms with Crippen molar-refractivity contribution in [3.05, 3.63) is 0 Å². The van der Waals surface area contributed by atoms with Crippen molar-refractivity contribution in [3.8, 4) is 6.07 Å². The molecule has 4 aliphatic rings. The minimum Gasteiger partial charge on any atom is -0.343 e. The van der Waals surface area contributed by atoms with Gasteiger partial charge in [0.05, 0.1) is 12.1 Å². The number of likely N-dealkylation sites (tertiary alicyclic amines) is 1. The zero-order valence-corrected chi connectivity index (χ0v) is 18.2. The van der Waals surface area contributed by atoms with Crippen molar-refractivity contribution in [2.75, 3.05) is 19.6 Å². The van der Waals surface area contributed by atoms with Crippen LogP contribution in [0.3, 0.4) is 0 Å². The molecule has 2 atom stereocenters. The summed E-state index contributed by atoms with van der Waals surface area (Å²) < 4.78 is 27.7. The lowest BCUT2D eigenvalue weighted by Gasteiger charge is -2.48. The average Bonchev–Trinajstić information content (AvgIpc) is 3.63. The number of carbonyl (C=O) groups excluding carboxylic acids is 2. The van der Waals surface area contributed by atoms with Crippen molar-refractivity contribution >= 4 is 11.8 Å². The summed E-state index contributed by atoms with van der Waals surface area (Å²) >= 11 is 0. The van der Waals surface area contributed by atoms with E-state index in [2.05, 4.69) is 20.9 Å². The zero-order valence-electron chi connectivity index (χ0n) is 18.2. The summed E-state index contributed by atoms with van der Waals surface area (Å²) in [5, 5.41) is 17.8. The topological polar surface area (TPSA) is 97.3 Å². The van der Waals surface area contributed by atoms with Crippen LogP contribution in [0.1, 0.15) is 64.7 Å². The van der Waals surface area contributed by atoms with Gasteiger partial charge in [0.25, 0.3) is 0 Å². The lowest BCUT2D eigenvalue weighted by molar-refractivity contribution is -0.137. The Morgan fingerprint density at radius 3 is 2.45 bits per heavy atom. The van der Waals surface area contributed by atoms with Gasteiger partial charge in [0.15, 0.2) is 0 Å². The summed E-state index contributed by atoms with van der Waals surface area (Å²) in [6, 6.07) is 0.665. The van der Waals surface area contributed by atoms with Gasteiger partial charge >= 0.3 is 0 Å². The molecule has 2 aliphatic carbocycles. The highest BCUT2D eigenvalue weighted by Gasteiger charge is 2.49. The van der Waals surface area contributed by atoms with Gasteiger partial charge < -0.3 is 16.0 Å². The second-order valence-corrected chi connectivity index (χ2v) is 10.2. The van der Waals surface area contributed by atoms with Gasteiger partial charge in [-0.3, -0.25) is 14.5 Å². The fourth-order valence-electron chi connectivity index (χ4n) is 5.20. The first-order valence-electron chi connectivity index (χ1n) is 11.5. The van der Waals surface area contributed by atoms with Crippen molar-refractivity contribution < 1.29 is 18.4 Å². The molecule has 0 aromatic carbocycles. The summed E-state index contributed by atoms with van der Waals surface area (Å²) in [4.78, 5) is 28.3. The molecule has 31 heavy (non-hydrogen) atoms. The molecule has 172 valence electrons. The minimum absolute atomic E-state index is 0.101. The summed E-state index contributed by atoms with van der Waals surface area (Å²) in [6.45, 7) is 3.45. The van der Waals surface area contributed by atoms with Crippen molar-refractivity contribution in [1.82, 2.24) is 20.9 Å². The second kappa shape index (κ2) is 8.28. The van der Waals surface area contributed by atoms with Crippen molar-refractivity contribution in [1.29, 1.82) is 5.26 Å². The molecule has 2 aliphatic heterocycles. The normalized spacial score (nSPS) is 28.4. The number of hydrogen-bond acceptors (Lipinski definition) is 5. The standard InChI is InChI=1S/C22H33F2N5O2/c1-20(23,24)12-16(18(30)28-22(14-25)4-5-22)27-19(31)17-13-21(6-9-26-10-7-21)8-11-29(17)15-2-3-15/h15-17,26H,2-13H2,1H3,(H,27,31)(H,28,30)/t16-,17?/m0/s1. The predicted molar refractivity (Wildman–Crippen MR) is 110 cm³/mol. The molecular formula is C22H33F2N5O2. The lowest BCUT2D eigenvalue weighted by atomic mass is 9.69. The Morgan fingerprint density at radius 2 is 1.90 bits per heavy atom. The van der Waals surface area contributed by atoms with E-state index in [-0.39, 0.29) is 11.3 Å². The molecule has 4 fully saturated rings. The third-order valence-corrected chi connectivity index (χ3v) is 7.43. The molecular weight excluding hydrogens is 404 g/mol. The molecule has 2 heterocycles. The molecule has 2 saturated heterocycles. The highest BCUT2D eigenvalue weighted by molar-refractivity contribution is 5.90. The van der Waals surface area contributed by atoms with Crippen LogP contribution in [0.2, 0.25) is 0 Å². The van der Waals surface area contributed by atoms with E-state index in [1.54, 1.807) is 0 Å². The van der Waals surface area contributed by atoms with E-state index in [4.69, 9.17) is 0 Å². The number of hydrogen-bond donors (Lipinski definition) is 3. The van der Waals surface area contributed by atoms with Gasteiger partial charge in [-0.2, -0.15) is 5.26 Å². The molecule has 0 bridgehead atoms. The van der Waals surface area contributed by atoms with Crippen LogP contribution in [0.15, 0.2) is 0 Å². The Morgan fingerprint density at radius 1 is 1.23 bits per heavy atom. The van der Waals surface area contributed by atoms with Gasteiger partial charge in [0.2, 0.25) is 17.7 Å². The maximum atomic E-state index is 13.8. The number of halogens is 2. The quantitative estimate of drug-likeness (QED) is 0.563. The summed E-state index contributed by atoms with van der Waals surface area (Å²) in [5.41, 5.74) is -0.864. The first-order valence-corrected chi connectivity index (χ1v) is 11.5. The van der Waals surface area contributed by atoms with E-state index in [0.717, 1.165) is 58.7 Å². The van der Waals surface area contributed by atoms with Gasteiger partial charge in [-0.15, -0.1) is 0 Å². The van der Waals surface area contributed by atoms with Gasteiger partial charge in [-0.25, -0.2) is 8.78 Å². The fraction of sp³-hybridized carbons (Fsp3) is 0.864. The lowest BCUT2D eigenvalue weighted by Crippen LogP contribution is -2.60. The molecule has 9 heteroatoms. The van der Waals surface area contributed by atoms with E-state index < -0.39 is 35.9 Å². The molecule has 2 saturated carbocycles. The number of carbonyl (C=O) groups is 2. The number of nitrogens with zero attached hydrogens (tertiary/aromatic N) is 2. The largest absolute Gasteiger partial charge is 0.343 e. The van der Waals surface area contributed by atoms with Gasteiger partial charge in [-0.1, -0.05) is 0 Å². The van der Waals surface area contributed by atoms with Crippen LogP contribution >= 0.6 is 0 Å². The van der Waals surface area contributed by atoms with Crippen molar-refractivity contribution in [2.24, 2.45) is 5.41 Å². The van der Waals surface area contributed by atoms with Crippen LogP contribution in [-0.2, 0) is 9.59 Å². The monoisotopic (exact) mass is 437 g/mol. The molecule has 1 unspecified atom stereocenters. The fourth-order valence-corrected chi connectivity index (χ4v) is 5.20. The number of nitriles is 1. The smallest absolute Gasteiger partial charge is 0.247 e. The van der Waals surface area contributed by atoms with Crippen molar-refractivity contribution in [2.45, 2.75) is 94.3 Å². The molecule has 1 spiro atoms. The molecule has 2 amide bonds. The Balaban J connectivity index is 1.48. The van der Waals surface area contributed by atoms with Gasteiger partial charge in [-0.05, 0) is 83.3 Å². The maximum Gasteiger partial charge on any atom is 0.247 e. The van der Waals surface area contributed by atoms with E-state index >= 15 is 0 Å². The maximum absolute atomic E-state index is 13.8. The van der Waals surface area contributed by atoms with Crippen LogP contribution in [0, 0.1) is 16.7 Å². The highest BCUT2D eigenvalue weighted by Crippen LogP contribution is 2.45. The van der Waals surface area contributed by atoms with Crippen LogP contribution in [-0.4, -0.2) is 65.9 Å². The number of piperidine rings is 2. The molecule has 0 aromatic heterocycles. The minimum atomic E-state index is -3.11. The van der Waals surface area contributed by atoms with E-state index in [9.17, 15) is 23.6 Å². The van der Waals surface area contributed by atoms with E-state index in [1.165, 1.54) is 0 Å². The molecule has 0 aromatic rings. The predicted octanol–water partition coefficient (Wildman–Crippen LogP) is 1.69. The summed E-state index contributed by atoms with van der Waals surface area (Å²) in [7, 11) is 0. The summed E-state index contributed by atoms with van der Waals surface area (Å²) in [5.74, 6) is -4.15. The second-order valence-electron chi connectivity index (χ2n) is 10.2. The van der Waals surface area contributed by atoms with E-state index in [1.807, 2.05) is 6.07 Å². The van der Waals surface area contributed by atoms with Crippen molar-refractivity contribution in [3.63, 3.8) is 0 Å². The SMILES string of the molecule is CC(F)(F)C[C@H](NC(=O)C1CC2(CCNCC2)CCN1C1CC1)C(=O)NC1(C#N)CC1. The average molecular weight is 438 g/mol. The number of alkyl halides is 2.